The summed E-state index contributed by atoms with van der Waals surface area (Å²) in [5.74, 6) is 0.278. The SMILES string of the molecule is COCCOc1ccc(NC(=O)Nc2ccc(C)c(NC(C)=O)c2)cn1. The van der Waals surface area contributed by atoms with Crippen LogP contribution in [0.4, 0.5) is 21.9 Å². The summed E-state index contributed by atoms with van der Waals surface area (Å²) in [7, 11) is 1.59. The van der Waals surface area contributed by atoms with Gasteiger partial charge in [0.2, 0.25) is 11.8 Å². The second-order valence-electron chi connectivity index (χ2n) is 5.52. The van der Waals surface area contributed by atoms with E-state index in [1.807, 2.05) is 13.0 Å². The van der Waals surface area contributed by atoms with Crippen LogP contribution in [-0.4, -0.2) is 37.2 Å². The number of hydrogen-bond donors (Lipinski definition) is 3. The van der Waals surface area contributed by atoms with Crippen molar-refractivity contribution >= 4 is 29.0 Å². The summed E-state index contributed by atoms with van der Waals surface area (Å²) in [4.78, 5) is 27.4. The number of carbonyl (C=O) groups excluding carboxylic acids is 2. The highest BCUT2D eigenvalue weighted by Crippen LogP contribution is 2.20. The van der Waals surface area contributed by atoms with Gasteiger partial charge >= 0.3 is 6.03 Å². The third kappa shape index (κ3) is 6.06. The lowest BCUT2D eigenvalue weighted by atomic mass is 10.2. The normalized spacial score (nSPS) is 10.1. The molecule has 138 valence electrons. The predicted octanol–water partition coefficient (Wildman–Crippen LogP) is 3.02. The lowest BCUT2D eigenvalue weighted by Gasteiger charge is -2.11. The number of aryl methyl sites for hydroxylation is 1. The van der Waals surface area contributed by atoms with Gasteiger partial charge in [-0.05, 0) is 30.7 Å². The largest absolute Gasteiger partial charge is 0.475 e. The van der Waals surface area contributed by atoms with E-state index in [1.54, 1.807) is 31.4 Å². The molecule has 0 spiro atoms. The lowest BCUT2D eigenvalue weighted by Crippen LogP contribution is -2.19. The minimum absolute atomic E-state index is 0.173. The highest BCUT2D eigenvalue weighted by Gasteiger charge is 2.07. The molecule has 0 aliphatic carbocycles. The van der Waals surface area contributed by atoms with Gasteiger partial charge in [0.25, 0.3) is 0 Å². The number of carbonyl (C=O) groups is 2. The summed E-state index contributed by atoms with van der Waals surface area (Å²) in [5.41, 5.74) is 2.63. The molecular weight excluding hydrogens is 336 g/mol. The molecule has 0 atom stereocenters. The molecule has 2 aromatic rings. The van der Waals surface area contributed by atoms with E-state index in [0.717, 1.165) is 5.56 Å². The van der Waals surface area contributed by atoms with Crippen molar-refractivity contribution in [1.82, 2.24) is 4.98 Å². The minimum atomic E-state index is -0.419. The molecular formula is C18H22N4O4. The van der Waals surface area contributed by atoms with E-state index < -0.39 is 6.03 Å². The Morgan fingerprint density at radius 1 is 1.04 bits per heavy atom. The molecule has 0 unspecified atom stereocenters. The predicted molar refractivity (Wildman–Crippen MR) is 99.7 cm³/mol. The summed E-state index contributed by atoms with van der Waals surface area (Å²) >= 11 is 0. The molecule has 0 aliphatic rings. The fourth-order valence-electron chi connectivity index (χ4n) is 2.09. The molecule has 8 heteroatoms. The molecule has 3 N–H and O–H groups in total. The van der Waals surface area contributed by atoms with Gasteiger partial charge in [-0.2, -0.15) is 0 Å². The minimum Gasteiger partial charge on any atom is -0.475 e. The first-order chi connectivity index (χ1) is 12.5. The number of nitrogens with zero attached hydrogens (tertiary/aromatic N) is 1. The topological polar surface area (TPSA) is 102 Å². The first kappa shape index (κ1) is 19.2. The maximum Gasteiger partial charge on any atom is 0.323 e. The summed E-state index contributed by atoms with van der Waals surface area (Å²) in [5, 5.41) is 8.11. The van der Waals surface area contributed by atoms with Crippen LogP contribution in [0.25, 0.3) is 0 Å². The molecule has 2 rings (SSSR count). The van der Waals surface area contributed by atoms with Crippen LogP contribution in [0.5, 0.6) is 5.88 Å². The number of benzene rings is 1. The van der Waals surface area contributed by atoms with Crippen molar-refractivity contribution < 1.29 is 19.1 Å². The Kier molecular flexibility index (Phi) is 6.92. The lowest BCUT2D eigenvalue weighted by molar-refractivity contribution is -0.114. The molecule has 0 saturated heterocycles. The number of pyridine rings is 1. The van der Waals surface area contributed by atoms with Gasteiger partial charge in [-0.3, -0.25) is 4.79 Å². The molecule has 26 heavy (non-hydrogen) atoms. The van der Waals surface area contributed by atoms with E-state index in [1.165, 1.54) is 13.1 Å². The smallest absolute Gasteiger partial charge is 0.323 e. The first-order valence-corrected chi connectivity index (χ1v) is 8.02. The Bertz CT molecular complexity index is 762. The van der Waals surface area contributed by atoms with E-state index in [2.05, 4.69) is 20.9 Å². The van der Waals surface area contributed by atoms with Crippen LogP contribution in [0.1, 0.15) is 12.5 Å². The van der Waals surface area contributed by atoms with Crippen molar-refractivity contribution in [3.63, 3.8) is 0 Å². The van der Waals surface area contributed by atoms with E-state index in [9.17, 15) is 9.59 Å². The maximum atomic E-state index is 12.1. The number of aromatic nitrogens is 1. The Labute approximate surface area is 151 Å². The number of amides is 3. The maximum absolute atomic E-state index is 12.1. The quantitative estimate of drug-likeness (QED) is 0.661. The molecule has 0 fully saturated rings. The number of methoxy groups -OCH3 is 1. The van der Waals surface area contributed by atoms with Gasteiger partial charge in [-0.15, -0.1) is 0 Å². The Hall–Kier alpha value is -3.13. The van der Waals surface area contributed by atoms with Crippen LogP contribution >= 0.6 is 0 Å². The first-order valence-electron chi connectivity index (χ1n) is 8.02. The van der Waals surface area contributed by atoms with E-state index in [-0.39, 0.29) is 5.91 Å². The van der Waals surface area contributed by atoms with Crippen molar-refractivity contribution in [3.8, 4) is 5.88 Å². The van der Waals surface area contributed by atoms with Crippen molar-refractivity contribution in [2.24, 2.45) is 0 Å². The van der Waals surface area contributed by atoms with Gasteiger partial charge in [-0.1, -0.05) is 6.07 Å². The molecule has 0 saturated carbocycles. The molecule has 1 heterocycles. The molecule has 8 nitrogen and oxygen atoms in total. The van der Waals surface area contributed by atoms with Gasteiger partial charge in [0.15, 0.2) is 0 Å². The number of rotatable bonds is 7. The highest BCUT2D eigenvalue weighted by molar-refractivity contribution is 6.00. The van der Waals surface area contributed by atoms with E-state index >= 15 is 0 Å². The zero-order chi connectivity index (χ0) is 18.9. The third-order valence-electron chi connectivity index (χ3n) is 3.34. The van der Waals surface area contributed by atoms with Crippen LogP contribution in [0.3, 0.4) is 0 Å². The highest BCUT2D eigenvalue weighted by atomic mass is 16.5. The van der Waals surface area contributed by atoms with Crippen molar-refractivity contribution in [2.75, 3.05) is 36.3 Å². The zero-order valence-corrected chi connectivity index (χ0v) is 15.0. The summed E-state index contributed by atoms with van der Waals surface area (Å²) < 4.78 is 10.3. The van der Waals surface area contributed by atoms with Crippen LogP contribution in [0.2, 0.25) is 0 Å². The summed E-state index contributed by atoms with van der Waals surface area (Å²) in [6.07, 6.45) is 1.50. The molecule has 0 aliphatic heterocycles. The number of anilines is 3. The van der Waals surface area contributed by atoms with Crippen LogP contribution in [0.15, 0.2) is 36.5 Å². The Balaban J connectivity index is 1.93. The van der Waals surface area contributed by atoms with Gasteiger partial charge in [-0.25, -0.2) is 9.78 Å². The van der Waals surface area contributed by atoms with Crippen molar-refractivity contribution in [3.05, 3.63) is 42.1 Å². The summed E-state index contributed by atoms with van der Waals surface area (Å²) in [6.45, 7) is 4.18. The van der Waals surface area contributed by atoms with Gasteiger partial charge in [0, 0.05) is 31.5 Å². The van der Waals surface area contributed by atoms with Crippen LogP contribution in [-0.2, 0) is 9.53 Å². The molecule has 3 amide bonds. The summed E-state index contributed by atoms with van der Waals surface area (Å²) in [6, 6.07) is 8.19. The van der Waals surface area contributed by atoms with Crippen molar-refractivity contribution in [2.45, 2.75) is 13.8 Å². The number of hydrogen-bond acceptors (Lipinski definition) is 5. The van der Waals surface area contributed by atoms with Gasteiger partial charge < -0.3 is 25.4 Å². The molecule has 1 aromatic carbocycles. The van der Waals surface area contributed by atoms with Crippen molar-refractivity contribution in [1.29, 1.82) is 0 Å². The third-order valence-corrected chi connectivity index (χ3v) is 3.34. The Morgan fingerprint density at radius 2 is 1.77 bits per heavy atom. The average Bonchev–Trinajstić information content (AvgIpc) is 2.59. The van der Waals surface area contributed by atoms with Gasteiger partial charge in [0.1, 0.15) is 6.61 Å². The average molecular weight is 358 g/mol. The molecule has 0 bridgehead atoms. The fourth-order valence-corrected chi connectivity index (χ4v) is 2.09. The van der Waals surface area contributed by atoms with E-state index in [0.29, 0.717) is 36.2 Å². The fraction of sp³-hybridized carbons (Fsp3) is 0.278. The van der Waals surface area contributed by atoms with E-state index in [4.69, 9.17) is 9.47 Å². The number of ether oxygens (including phenoxy) is 2. The number of nitrogens with one attached hydrogen (secondary N) is 3. The molecule has 1 aromatic heterocycles. The second kappa shape index (κ2) is 9.38. The Morgan fingerprint density at radius 3 is 2.42 bits per heavy atom. The second-order valence-corrected chi connectivity index (χ2v) is 5.52. The molecule has 0 radical (unpaired) electrons. The van der Waals surface area contributed by atoms with Gasteiger partial charge in [0.05, 0.1) is 18.5 Å². The standard InChI is InChI=1S/C18H22N4O4/c1-12-4-5-14(10-16(12)20-13(2)23)21-18(24)22-15-6-7-17(19-11-15)26-9-8-25-3/h4-7,10-11H,8-9H2,1-3H3,(H,20,23)(H2,21,22,24). The van der Waals surface area contributed by atoms with Crippen LogP contribution < -0.4 is 20.7 Å². The number of urea groups is 1. The monoisotopic (exact) mass is 358 g/mol. The zero-order valence-electron chi connectivity index (χ0n) is 15.0. The van der Waals surface area contributed by atoms with Crippen LogP contribution in [0, 0.1) is 6.92 Å².